The third-order valence-electron chi connectivity index (χ3n) is 7.81. The molecule has 11 nitrogen and oxygen atoms in total. The number of sulfone groups is 1. The van der Waals surface area contributed by atoms with Crippen molar-refractivity contribution in [2.75, 3.05) is 43.5 Å². The number of nitrogens with zero attached hydrogens (tertiary/aromatic N) is 5. The first kappa shape index (κ1) is 34.9. The summed E-state index contributed by atoms with van der Waals surface area (Å²) in [6, 6.07) is 4.45. The Morgan fingerprint density at radius 2 is 1.62 bits per heavy atom. The van der Waals surface area contributed by atoms with Crippen molar-refractivity contribution in [3.63, 3.8) is 0 Å². The summed E-state index contributed by atoms with van der Waals surface area (Å²) in [4.78, 5) is 23.8. The molecular weight excluding hydrogens is 681 g/mol. The number of aromatic nitrogens is 4. The number of benzene rings is 2. The summed E-state index contributed by atoms with van der Waals surface area (Å²) < 4.78 is 103. The predicted octanol–water partition coefficient (Wildman–Crippen LogP) is 5.48. The fourth-order valence-corrected chi connectivity index (χ4v) is 7.45. The molecule has 48 heavy (non-hydrogen) atoms. The van der Waals surface area contributed by atoms with Crippen LogP contribution in [0.2, 0.25) is 0 Å². The van der Waals surface area contributed by atoms with E-state index in [1.807, 2.05) is 4.90 Å². The minimum atomic E-state index is -4.83. The van der Waals surface area contributed by atoms with E-state index in [0.717, 1.165) is 43.4 Å². The van der Waals surface area contributed by atoms with E-state index in [0.29, 0.717) is 43.9 Å². The lowest BCUT2D eigenvalue weighted by atomic mass is 10.0. The Kier molecular flexibility index (Phi) is 9.60. The molecular formula is C30H30F5N7O4S2. The lowest BCUT2D eigenvalue weighted by Gasteiger charge is -2.35. The fourth-order valence-electron chi connectivity index (χ4n) is 5.15. The Balaban J connectivity index is 1.51. The van der Waals surface area contributed by atoms with Crippen molar-refractivity contribution in [3.8, 4) is 5.75 Å². The highest BCUT2D eigenvalue weighted by molar-refractivity contribution is 7.99. The largest absolute Gasteiger partial charge is 0.490 e. The van der Waals surface area contributed by atoms with Gasteiger partial charge in [-0.25, -0.2) is 40.3 Å². The van der Waals surface area contributed by atoms with E-state index in [-0.39, 0.29) is 33.6 Å². The molecule has 1 amide bonds. The normalized spacial score (nSPS) is 14.0. The maximum atomic E-state index is 15.6. The number of carbonyl (C=O) groups is 1. The maximum absolute atomic E-state index is 15.6. The molecule has 1 aliphatic heterocycles. The van der Waals surface area contributed by atoms with Crippen molar-refractivity contribution in [3.05, 3.63) is 70.7 Å². The Labute approximate surface area is 276 Å². The maximum Gasteiger partial charge on any atom is 0.219 e. The first-order valence-electron chi connectivity index (χ1n) is 14.4. The molecule has 1 fully saturated rings. The second-order valence-electron chi connectivity index (χ2n) is 11.3. The molecule has 0 bridgehead atoms. The molecule has 0 spiro atoms. The van der Waals surface area contributed by atoms with Gasteiger partial charge in [-0.15, -0.1) is 0 Å². The molecule has 2 N–H and O–H groups in total. The number of H-pyrrole nitrogens is 1. The second-order valence-corrected chi connectivity index (χ2v) is 14.8. The minimum absolute atomic E-state index is 0.0297. The fraction of sp³-hybridized carbons (Fsp3) is 0.333. The van der Waals surface area contributed by atoms with Crippen molar-refractivity contribution in [2.45, 2.75) is 47.4 Å². The SMILES string of the molecule is COc1c(Nc2cc(C)[nH]n2)nc(Sc2ccc(S(=O)(=O)C(C)(C)c3c(F)c(F)cc(F)c3F)cc2F)nc1N1CCN(C(C)=O)CC1. The Morgan fingerprint density at radius 3 is 2.17 bits per heavy atom. The van der Waals surface area contributed by atoms with Gasteiger partial charge < -0.3 is 19.9 Å². The summed E-state index contributed by atoms with van der Waals surface area (Å²) in [6.07, 6.45) is 0. The van der Waals surface area contributed by atoms with Crippen molar-refractivity contribution in [2.24, 2.45) is 0 Å². The highest BCUT2D eigenvalue weighted by atomic mass is 32.2. The van der Waals surface area contributed by atoms with Gasteiger partial charge >= 0.3 is 0 Å². The van der Waals surface area contributed by atoms with E-state index < -0.39 is 54.1 Å². The number of halogens is 5. The number of aryl methyl sites for hydroxylation is 1. The van der Waals surface area contributed by atoms with Crippen LogP contribution in [0.5, 0.6) is 5.75 Å². The van der Waals surface area contributed by atoms with Crippen LogP contribution in [0.4, 0.5) is 39.4 Å². The summed E-state index contributed by atoms with van der Waals surface area (Å²) in [7, 11) is -3.40. The summed E-state index contributed by atoms with van der Waals surface area (Å²) in [5.41, 5.74) is -0.594. The van der Waals surface area contributed by atoms with E-state index in [4.69, 9.17) is 4.74 Å². The molecule has 2 aromatic carbocycles. The average Bonchev–Trinajstić information content (AvgIpc) is 3.44. The molecule has 3 heterocycles. The zero-order chi connectivity index (χ0) is 35.1. The van der Waals surface area contributed by atoms with Crippen LogP contribution in [-0.2, 0) is 19.4 Å². The van der Waals surface area contributed by atoms with Crippen LogP contribution in [0, 0.1) is 36.0 Å². The standard InChI is InChI=1S/C30H30F5N7O4S2/c1-15-12-22(40-39-15)36-27-26(46-5)28(42-10-8-41(9-11-42)16(2)43)38-29(37-27)47-21-7-6-17(13-18(21)31)48(44,45)30(3,4)23-24(34)19(32)14-20(33)25(23)35/h6-7,12-14H,8-11H2,1-5H3,(H2,36,37,38,39,40). The number of hydrogen-bond acceptors (Lipinski definition) is 10. The third-order valence-corrected chi connectivity index (χ3v) is 11.1. The topological polar surface area (TPSA) is 133 Å². The van der Waals surface area contributed by atoms with Gasteiger partial charge in [0.05, 0.1) is 22.5 Å². The van der Waals surface area contributed by atoms with Crippen LogP contribution < -0.4 is 15.0 Å². The number of carbonyl (C=O) groups excluding carboxylic acids is 1. The van der Waals surface area contributed by atoms with Crippen LogP contribution >= 0.6 is 11.8 Å². The lowest BCUT2D eigenvalue weighted by Crippen LogP contribution is -2.48. The van der Waals surface area contributed by atoms with Crippen LogP contribution in [0.3, 0.4) is 0 Å². The minimum Gasteiger partial charge on any atom is -0.490 e. The highest BCUT2D eigenvalue weighted by Crippen LogP contribution is 2.42. The first-order chi connectivity index (χ1) is 22.5. The number of amides is 1. The lowest BCUT2D eigenvalue weighted by molar-refractivity contribution is -0.129. The molecule has 1 saturated heterocycles. The number of piperazine rings is 1. The molecule has 0 unspecified atom stereocenters. The zero-order valence-corrected chi connectivity index (χ0v) is 27.9. The third kappa shape index (κ3) is 6.50. The van der Waals surface area contributed by atoms with E-state index in [2.05, 4.69) is 25.5 Å². The molecule has 4 aromatic rings. The van der Waals surface area contributed by atoms with Gasteiger partial charge in [0.2, 0.25) is 11.7 Å². The van der Waals surface area contributed by atoms with E-state index in [1.165, 1.54) is 14.0 Å². The number of ether oxygens (including phenoxy) is 1. The molecule has 18 heteroatoms. The number of anilines is 3. The number of nitrogens with one attached hydrogen (secondary N) is 2. The summed E-state index contributed by atoms with van der Waals surface area (Å²) in [5.74, 6) is -7.22. The van der Waals surface area contributed by atoms with E-state index >= 15 is 4.39 Å². The van der Waals surface area contributed by atoms with Gasteiger partial charge in [-0.2, -0.15) is 5.10 Å². The van der Waals surface area contributed by atoms with Crippen molar-refractivity contribution in [1.82, 2.24) is 25.1 Å². The highest BCUT2D eigenvalue weighted by Gasteiger charge is 2.44. The molecule has 0 aliphatic carbocycles. The van der Waals surface area contributed by atoms with Gasteiger partial charge in [-0.3, -0.25) is 9.89 Å². The number of rotatable bonds is 9. The monoisotopic (exact) mass is 711 g/mol. The van der Waals surface area contributed by atoms with Gasteiger partial charge in [-0.05, 0) is 50.7 Å². The van der Waals surface area contributed by atoms with Crippen molar-refractivity contribution >= 4 is 45.0 Å². The van der Waals surface area contributed by atoms with Gasteiger partial charge in [0.25, 0.3) is 0 Å². The molecule has 256 valence electrons. The zero-order valence-electron chi connectivity index (χ0n) is 26.3. The molecule has 0 atom stereocenters. The van der Waals surface area contributed by atoms with E-state index in [1.54, 1.807) is 17.9 Å². The quantitative estimate of drug-likeness (QED) is 0.131. The van der Waals surface area contributed by atoms with Gasteiger partial charge in [-0.1, -0.05) is 0 Å². The molecule has 0 radical (unpaired) electrons. The van der Waals surface area contributed by atoms with Gasteiger partial charge in [0.15, 0.2) is 55.7 Å². The first-order valence-corrected chi connectivity index (χ1v) is 16.7. The van der Waals surface area contributed by atoms with Crippen molar-refractivity contribution in [1.29, 1.82) is 0 Å². The van der Waals surface area contributed by atoms with Crippen LogP contribution in [0.25, 0.3) is 0 Å². The number of methoxy groups -OCH3 is 1. The Hall–Kier alpha value is -4.45. The van der Waals surface area contributed by atoms with Crippen LogP contribution in [0.1, 0.15) is 32.0 Å². The molecule has 2 aromatic heterocycles. The van der Waals surface area contributed by atoms with Crippen molar-refractivity contribution < 1.29 is 39.9 Å². The van der Waals surface area contributed by atoms with Gasteiger partial charge in [0.1, 0.15) is 10.6 Å². The number of hydrogen-bond donors (Lipinski definition) is 2. The smallest absolute Gasteiger partial charge is 0.219 e. The summed E-state index contributed by atoms with van der Waals surface area (Å²) in [5, 5.41) is 10.1. The summed E-state index contributed by atoms with van der Waals surface area (Å²) in [6.45, 7) is 6.66. The number of aromatic amines is 1. The Bertz CT molecular complexity index is 1980. The molecule has 5 rings (SSSR count). The van der Waals surface area contributed by atoms with Crippen LogP contribution in [-0.4, -0.2) is 72.7 Å². The van der Waals surface area contributed by atoms with Gasteiger partial charge in [0, 0.05) is 50.9 Å². The molecule has 0 saturated carbocycles. The predicted molar refractivity (Wildman–Crippen MR) is 167 cm³/mol. The average molecular weight is 712 g/mol. The summed E-state index contributed by atoms with van der Waals surface area (Å²) >= 11 is 0.753. The second kappa shape index (κ2) is 13.2. The van der Waals surface area contributed by atoms with Crippen LogP contribution in [0.15, 0.2) is 45.3 Å². The Morgan fingerprint density at radius 1 is 0.979 bits per heavy atom. The van der Waals surface area contributed by atoms with E-state index in [9.17, 15) is 30.8 Å². The molecule has 1 aliphatic rings.